The third-order valence-electron chi connectivity index (χ3n) is 4.03. The Morgan fingerprint density at radius 2 is 2.30 bits per heavy atom. The number of piperidine rings is 1. The highest BCUT2D eigenvalue weighted by molar-refractivity contribution is 5.80. The van der Waals surface area contributed by atoms with E-state index in [0.29, 0.717) is 18.4 Å². The Balaban J connectivity index is 1.81. The Morgan fingerprint density at radius 3 is 2.95 bits per heavy atom. The number of amides is 1. The summed E-state index contributed by atoms with van der Waals surface area (Å²) in [7, 11) is 1.80. The van der Waals surface area contributed by atoms with Crippen LogP contribution in [-0.4, -0.2) is 56.2 Å². The molecule has 0 spiro atoms. The topological polar surface area (TPSA) is 80.0 Å². The molecule has 2 rings (SSSR count). The van der Waals surface area contributed by atoms with Gasteiger partial charge in [0.05, 0.1) is 6.10 Å². The first-order chi connectivity index (χ1) is 9.69. The van der Waals surface area contributed by atoms with Gasteiger partial charge in [-0.15, -0.1) is 0 Å². The van der Waals surface area contributed by atoms with E-state index >= 15 is 0 Å². The minimum Gasteiger partial charge on any atom is -0.376 e. The maximum Gasteiger partial charge on any atom is 0.217 e. The van der Waals surface area contributed by atoms with Gasteiger partial charge >= 0.3 is 0 Å². The first-order valence-electron chi connectivity index (χ1n) is 7.54. The molecule has 0 aliphatic carbocycles. The molecule has 0 bridgehead atoms. The van der Waals surface area contributed by atoms with Crippen LogP contribution in [0.3, 0.4) is 0 Å². The average molecular weight is 282 g/mol. The summed E-state index contributed by atoms with van der Waals surface area (Å²) in [5, 5.41) is 3.39. The molecule has 114 valence electrons. The van der Waals surface area contributed by atoms with Crippen LogP contribution in [-0.2, 0) is 9.53 Å². The van der Waals surface area contributed by atoms with Gasteiger partial charge in [0.1, 0.15) is 0 Å². The van der Waals surface area contributed by atoms with Crippen molar-refractivity contribution < 1.29 is 9.53 Å². The summed E-state index contributed by atoms with van der Waals surface area (Å²) in [5.41, 5.74) is 5.30. The van der Waals surface area contributed by atoms with Crippen LogP contribution in [0.25, 0.3) is 0 Å². The second-order valence-electron chi connectivity index (χ2n) is 5.69. The molecule has 1 amide bonds. The van der Waals surface area contributed by atoms with Gasteiger partial charge in [0, 0.05) is 39.7 Å². The Morgan fingerprint density at radius 1 is 1.45 bits per heavy atom. The molecular weight excluding hydrogens is 256 g/mol. The molecule has 2 aliphatic heterocycles. The number of nitrogens with zero attached hydrogens (tertiary/aromatic N) is 2. The SMILES string of the molecule is CN=C(NCC1CCCO1)N1CCCC(CC(N)=O)C1. The van der Waals surface area contributed by atoms with Crippen LogP contribution in [0, 0.1) is 5.92 Å². The number of guanidine groups is 1. The highest BCUT2D eigenvalue weighted by atomic mass is 16.5. The number of carbonyl (C=O) groups is 1. The van der Waals surface area contributed by atoms with E-state index in [9.17, 15) is 4.79 Å². The molecular formula is C14H26N4O2. The number of aliphatic imine (C=N–C) groups is 1. The Kier molecular flexibility index (Phi) is 5.64. The molecule has 2 atom stereocenters. The van der Waals surface area contributed by atoms with Crippen molar-refractivity contribution in [3.63, 3.8) is 0 Å². The monoisotopic (exact) mass is 282 g/mol. The zero-order valence-electron chi connectivity index (χ0n) is 12.3. The van der Waals surface area contributed by atoms with Crippen molar-refractivity contribution >= 4 is 11.9 Å². The number of nitrogens with two attached hydrogens (primary N) is 1. The zero-order chi connectivity index (χ0) is 14.4. The summed E-state index contributed by atoms with van der Waals surface area (Å²) in [4.78, 5) is 17.6. The van der Waals surface area contributed by atoms with Gasteiger partial charge in [-0.1, -0.05) is 0 Å². The molecule has 2 saturated heterocycles. The third kappa shape index (κ3) is 4.37. The van der Waals surface area contributed by atoms with Gasteiger partial charge in [0.15, 0.2) is 5.96 Å². The van der Waals surface area contributed by atoms with E-state index in [0.717, 1.165) is 57.9 Å². The molecule has 0 saturated carbocycles. The number of likely N-dealkylation sites (tertiary alicyclic amines) is 1. The maximum absolute atomic E-state index is 11.1. The number of hydrogen-bond acceptors (Lipinski definition) is 3. The molecule has 2 heterocycles. The van der Waals surface area contributed by atoms with E-state index in [1.165, 1.54) is 0 Å². The zero-order valence-corrected chi connectivity index (χ0v) is 12.3. The summed E-state index contributed by atoms with van der Waals surface area (Å²) >= 11 is 0. The van der Waals surface area contributed by atoms with Crippen molar-refractivity contribution in [3.05, 3.63) is 0 Å². The summed E-state index contributed by atoms with van der Waals surface area (Å²) in [5.74, 6) is 1.05. The summed E-state index contributed by atoms with van der Waals surface area (Å²) in [6.07, 6.45) is 5.20. The lowest BCUT2D eigenvalue weighted by Gasteiger charge is -2.35. The Bertz CT molecular complexity index is 353. The normalized spacial score (nSPS) is 27.6. The maximum atomic E-state index is 11.1. The second kappa shape index (κ2) is 7.47. The standard InChI is InChI=1S/C14H26N4O2/c1-16-14(17-9-12-5-3-7-20-12)18-6-2-4-11(10-18)8-13(15)19/h11-12H,2-10H2,1H3,(H2,15,19)(H,16,17). The van der Waals surface area contributed by atoms with Crippen LogP contribution in [0.1, 0.15) is 32.1 Å². The van der Waals surface area contributed by atoms with Gasteiger partial charge < -0.3 is 20.7 Å². The smallest absolute Gasteiger partial charge is 0.217 e. The minimum atomic E-state index is -0.209. The lowest BCUT2D eigenvalue weighted by molar-refractivity contribution is -0.119. The summed E-state index contributed by atoms with van der Waals surface area (Å²) in [6, 6.07) is 0. The number of primary amides is 1. The van der Waals surface area contributed by atoms with E-state index in [2.05, 4.69) is 15.2 Å². The Labute approximate surface area is 120 Å². The van der Waals surface area contributed by atoms with Crippen molar-refractivity contribution in [2.45, 2.75) is 38.2 Å². The first kappa shape index (κ1) is 15.1. The highest BCUT2D eigenvalue weighted by Crippen LogP contribution is 2.19. The number of hydrogen-bond donors (Lipinski definition) is 2. The van der Waals surface area contributed by atoms with Gasteiger partial charge in [-0.3, -0.25) is 9.79 Å². The molecule has 0 radical (unpaired) electrons. The highest BCUT2D eigenvalue weighted by Gasteiger charge is 2.24. The molecule has 0 aromatic rings. The quantitative estimate of drug-likeness (QED) is 0.575. The fourth-order valence-corrected chi connectivity index (χ4v) is 3.05. The summed E-state index contributed by atoms with van der Waals surface area (Å²) < 4.78 is 5.61. The van der Waals surface area contributed by atoms with Crippen molar-refractivity contribution in [2.24, 2.45) is 16.6 Å². The largest absolute Gasteiger partial charge is 0.376 e. The van der Waals surface area contributed by atoms with Crippen LogP contribution in [0.5, 0.6) is 0 Å². The summed E-state index contributed by atoms with van der Waals surface area (Å²) in [6.45, 7) is 3.52. The average Bonchev–Trinajstić information content (AvgIpc) is 2.92. The molecule has 2 unspecified atom stereocenters. The molecule has 2 fully saturated rings. The van der Waals surface area contributed by atoms with Crippen LogP contribution in [0.4, 0.5) is 0 Å². The molecule has 0 aromatic carbocycles. The predicted molar refractivity (Wildman–Crippen MR) is 78.4 cm³/mol. The van der Waals surface area contributed by atoms with E-state index in [-0.39, 0.29) is 5.91 Å². The third-order valence-corrected chi connectivity index (χ3v) is 4.03. The van der Waals surface area contributed by atoms with Crippen molar-refractivity contribution in [1.82, 2.24) is 10.2 Å². The molecule has 3 N–H and O–H groups in total. The predicted octanol–water partition coefficient (Wildman–Crippen LogP) is 0.328. The van der Waals surface area contributed by atoms with Gasteiger partial charge in [0.25, 0.3) is 0 Å². The van der Waals surface area contributed by atoms with Crippen molar-refractivity contribution in [2.75, 3.05) is 33.3 Å². The van der Waals surface area contributed by atoms with Gasteiger partial charge in [-0.2, -0.15) is 0 Å². The molecule has 20 heavy (non-hydrogen) atoms. The molecule has 2 aliphatic rings. The van der Waals surface area contributed by atoms with Crippen LogP contribution >= 0.6 is 0 Å². The molecule has 0 aromatic heterocycles. The Hall–Kier alpha value is -1.30. The lowest BCUT2D eigenvalue weighted by atomic mass is 9.95. The van der Waals surface area contributed by atoms with Gasteiger partial charge in [-0.25, -0.2) is 0 Å². The fraction of sp³-hybridized carbons (Fsp3) is 0.857. The number of carbonyl (C=O) groups excluding carboxylic acids is 1. The van der Waals surface area contributed by atoms with E-state index in [1.807, 2.05) is 0 Å². The number of ether oxygens (including phenoxy) is 1. The van der Waals surface area contributed by atoms with E-state index in [4.69, 9.17) is 10.5 Å². The van der Waals surface area contributed by atoms with Crippen molar-refractivity contribution in [3.8, 4) is 0 Å². The molecule has 6 heteroatoms. The number of rotatable bonds is 4. The second-order valence-corrected chi connectivity index (χ2v) is 5.69. The minimum absolute atomic E-state index is 0.209. The van der Waals surface area contributed by atoms with Crippen LogP contribution in [0.15, 0.2) is 4.99 Å². The lowest BCUT2D eigenvalue weighted by Crippen LogP contribution is -2.48. The first-order valence-corrected chi connectivity index (χ1v) is 7.54. The van der Waals surface area contributed by atoms with Crippen LogP contribution < -0.4 is 11.1 Å². The fourth-order valence-electron chi connectivity index (χ4n) is 3.05. The van der Waals surface area contributed by atoms with E-state index in [1.54, 1.807) is 7.05 Å². The van der Waals surface area contributed by atoms with Gasteiger partial charge in [-0.05, 0) is 31.6 Å². The van der Waals surface area contributed by atoms with Crippen LogP contribution in [0.2, 0.25) is 0 Å². The van der Waals surface area contributed by atoms with E-state index < -0.39 is 0 Å². The van der Waals surface area contributed by atoms with Crippen molar-refractivity contribution in [1.29, 1.82) is 0 Å². The molecule has 6 nitrogen and oxygen atoms in total. The van der Waals surface area contributed by atoms with Gasteiger partial charge in [0.2, 0.25) is 5.91 Å². The number of nitrogens with one attached hydrogen (secondary N) is 1.